The van der Waals surface area contributed by atoms with Crippen LogP contribution in [-0.2, 0) is 4.74 Å². The van der Waals surface area contributed by atoms with Gasteiger partial charge in [-0.2, -0.15) is 0 Å². The third-order valence-electron chi connectivity index (χ3n) is 2.71. The summed E-state index contributed by atoms with van der Waals surface area (Å²) in [4.78, 5) is 11.8. The van der Waals surface area contributed by atoms with Crippen molar-refractivity contribution in [3.63, 3.8) is 0 Å². The summed E-state index contributed by atoms with van der Waals surface area (Å²) >= 11 is 0. The van der Waals surface area contributed by atoms with E-state index in [1.807, 2.05) is 30.3 Å². The highest BCUT2D eigenvalue weighted by atomic mass is 16.6. The number of hydrogen-bond acceptors (Lipinski definition) is 3. The summed E-state index contributed by atoms with van der Waals surface area (Å²) < 4.78 is 10.6. The first kappa shape index (κ1) is 9.90. The lowest BCUT2D eigenvalue weighted by Gasteiger charge is -2.08. The molecule has 0 N–H and O–H groups in total. The maximum Gasteiger partial charge on any atom is 0.347 e. The van der Waals surface area contributed by atoms with Crippen LogP contribution in [0.5, 0.6) is 5.75 Å². The van der Waals surface area contributed by atoms with E-state index in [-0.39, 0.29) is 6.61 Å². The van der Waals surface area contributed by atoms with E-state index >= 15 is 0 Å². The van der Waals surface area contributed by atoms with E-state index in [2.05, 4.69) is 6.58 Å². The highest BCUT2D eigenvalue weighted by molar-refractivity contribution is 6.02. The first-order chi connectivity index (χ1) is 8.25. The molecular formula is C14H10O3. The number of ether oxygens (including phenoxy) is 2. The van der Waals surface area contributed by atoms with Crippen LogP contribution in [0.2, 0.25) is 0 Å². The van der Waals surface area contributed by atoms with Gasteiger partial charge in [-0.05, 0) is 11.5 Å². The Morgan fingerprint density at radius 3 is 2.82 bits per heavy atom. The summed E-state index contributed by atoms with van der Waals surface area (Å²) in [5, 5.41) is 1.95. The maximum atomic E-state index is 11.8. The van der Waals surface area contributed by atoms with Crippen LogP contribution in [0.3, 0.4) is 0 Å². The van der Waals surface area contributed by atoms with Gasteiger partial charge in [-0.3, -0.25) is 0 Å². The number of hydrogen-bond donors (Lipinski definition) is 0. The molecule has 17 heavy (non-hydrogen) atoms. The summed E-state index contributed by atoms with van der Waals surface area (Å²) in [6.07, 6.45) is 0. The molecule has 0 saturated carbocycles. The monoisotopic (exact) mass is 226 g/mol. The Kier molecular flexibility index (Phi) is 2.11. The molecule has 0 amide bonds. The molecular weight excluding hydrogens is 216 g/mol. The zero-order chi connectivity index (χ0) is 11.8. The number of carbonyl (C=O) groups excluding carboxylic acids is 1. The Balaban J connectivity index is 2.29. The molecule has 0 aromatic heterocycles. The van der Waals surface area contributed by atoms with Crippen LogP contribution in [0.25, 0.3) is 10.8 Å². The first-order valence-corrected chi connectivity index (χ1v) is 5.30. The van der Waals surface area contributed by atoms with Crippen LogP contribution < -0.4 is 4.74 Å². The van der Waals surface area contributed by atoms with E-state index in [0.29, 0.717) is 17.1 Å². The van der Waals surface area contributed by atoms with Crippen molar-refractivity contribution in [1.29, 1.82) is 0 Å². The molecule has 1 aliphatic heterocycles. The van der Waals surface area contributed by atoms with Crippen LogP contribution in [0, 0.1) is 0 Å². The SMILES string of the molecule is C=C1COc2c(ccc3ccccc23)C(=O)O1. The second-order valence-corrected chi connectivity index (χ2v) is 3.88. The molecule has 0 unspecified atom stereocenters. The predicted molar refractivity (Wildman–Crippen MR) is 64.0 cm³/mol. The van der Waals surface area contributed by atoms with Crippen molar-refractivity contribution in [2.45, 2.75) is 0 Å². The lowest BCUT2D eigenvalue weighted by atomic mass is 10.1. The minimum Gasteiger partial charge on any atom is -0.484 e. The first-order valence-electron chi connectivity index (χ1n) is 5.30. The number of esters is 1. The van der Waals surface area contributed by atoms with Crippen molar-refractivity contribution in [1.82, 2.24) is 0 Å². The van der Waals surface area contributed by atoms with E-state index in [1.54, 1.807) is 6.07 Å². The van der Waals surface area contributed by atoms with Gasteiger partial charge in [0.15, 0.2) is 0 Å². The lowest BCUT2D eigenvalue weighted by Crippen LogP contribution is -2.02. The highest BCUT2D eigenvalue weighted by Gasteiger charge is 2.21. The predicted octanol–water partition coefficient (Wildman–Crippen LogP) is 2.90. The normalized spacial score (nSPS) is 14.8. The Labute approximate surface area is 98.3 Å². The minimum absolute atomic E-state index is 0.201. The van der Waals surface area contributed by atoms with E-state index < -0.39 is 5.97 Å². The molecule has 2 aromatic rings. The Bertz CT molecular complexity index is 628. The molecule has 3 rings (SSSR count). The molecule has 2 aromatic carbocycles. The molecule has 0 aliphatic carbocycles. The summed E-state index contributed by atoms with van der Waals surface area (Å²) in [7, 11) is 0. The number of carbonyl (C=O) groups is 1. The van der Waals surface area contributed by atoms with Crippen LogP contribution in [-0.4, -0.2) is 12.6 Å². The molecule has 0 spiro atoms. The summed E-state index contributed by atoms with van der Waals surface area (Å²) in [5.41, 5.74) is 0.447. The van der Waals surface area contributed by atoms with Gasteiger partial charge in [0.1, 0.15) is 23.7 Å². The highest BCUT2D eigenvalue weighted by Crippen LogP contribution is 2.32. The fourth-order valence-electron chi connectivity index (χ4n) is 1.93. The van der Waals surface area contributed by atoms with Crippen molar-refractivity contribution in [3.8, 4) is 5.75 Å². The number of benzene rings is 2. The fourth-order valence-corrected chi connectivity index (χ4v) is 1.93. The molecule has 1 heterocycles. The van der Waals surface area contributed by atoms with Crippen LogP contribution >= 0.6 is 0 Å². The molecule has 84 valence electrons. The van der Waals surface area contributed by atoms with Crippen molar-refractivity contribution in [2.24, 2.45) is 0 Å². The van der Waals surface area contributed by atoms with E-state index in [0.717, 1.165) is 10.8 Å². The second-order valence-electron chi connectivity index (χ2n) is 3.88. The Morgan fingerprint density at radius 2 is 1.94 bits per heavy atom. The second kappa shape index (κ2) is 3.63. The quantitative estimate of drug-likeness (QED) is 0.648. The molecule has 0 saturated heterocycles. The number of rotatable bonds is 0. The smallest absolute Gasteiger partial charge is 0.347 e. The van der Waals surface area contributed by atoms with E-state index in [4.69, 9.17) is 9.47 Å². The fraction of sp³-hybridized carbons (Fsp3) is 0.0714. The van der Waals surface area contributed by atoms with E-state index in [9.17, 15) is 4.79 Å². The third-order valence-corrected chi connectivity index (χ3v) is 2.71. The van der Waals surface area contributed by atoms with Crippen LogP contribution in [0.15, 0.2) is 48.7 Å². The van der Waals surface area contributed by atoms with Crippen molar-refractivity contribution in [2.75, 3.05) is 6.61 Å². The Hall–Kier alpha value is -2.29. The zero-order valence-corrected chi connectivity index (χ0v) is 9.10. The number of cyclic esters (lactones) is 1. The largest absolute Gasteiger partial charge is 0.484 e. The summed E-state index contributed by atoms with van der Waals surface area (Å²) in [5.74, 6) is 0.496. The van der Waals surface area contributed by atoms with Gasteiger partial charge < -0.3 is 9.47 Å². The molecule has 0 atom stereocenters. The zero-order valence-electron chi connectivity index (χ0n) is 9.10. The van der Waals surface area contributed by atoms with Gasteiger partial charge in [0.05, 0.1) is 0 Å². The number of fused-ring (bicyclic) bond motifs is 3. The van der Waals surface area contributed by atoms with Gasteiger partial charge in [0.2, 0.25) is 0 Å². The standard InChI is InChI=1S/C14H10O3/c1-9-8-16-13-11-5-3-2-4-10(11)6-7-12(13)14(15)17-9/h2-7H,1,8H2. The van der Waals surface area contributed by atoms with Crippen molar-refractivity contribution in [3.05, 3.63) is 54.3 Å². The van der Waals surface area contributed by atoms with E-state index in [1.165, 1.54) is 0 Å². The lowest BCUT2D eigenvalue weighted by molar-refractivity contribution is 0.0619. The van der Waals surface area contributed by atoms with Gasteiger partial charge >= 0.3 is 5.97 Å². The summed E-state index contributed by atoms with van der Waals surface area (Å²) in [6, 6.07) is 11.4. The third kappa shape index (κ3) is 1.56. The van der Waals surface area contributed by atoms with Gasteiger partial charge in [0, 0.05) is 5.39 Å². The van der Waals surface area contributed by atoms with Gasteiger partial charge in [-0.25, -0.2) is 4.79 Å². The average molecular weight is 226 g/mol. The molecule has 0 radical (unpaired) electrons. The van der Waals surface area contributed by atoms with Crippen molar-refractivity contribution < 1.29 is 14.3 Å². The topological polar surface area (TPSA) is 35.5 Å². The van der Waals surface area contributed by atoms with Gasteiger partial charge in [0.25, 0.3) is 0 Å². The Morgan fingerprint density at radius 1 is 1.12 bits per heavy atom. The molecule has 0 fully saturated rings. The minimum atomic E-state index is -0.409. The average Bonchev–Trinajstić information content (AvgIpc) is 2.49. The maximum absolute atomic E-state index is 11.8. The molecule has 3 heteroatoms. The van der Waals surface area contributed by atoms with Gasteiger partial charge in [-0.1, -0.05) is 36.9 Å². The molecule has 3 nitrogen and oxygen atoms in total. The summed E-state index contributed by atoms with van der Waals surface area (Å²) in [6.45, 7) is 3.82. The molecule has 1 aliphatic rings. The van der Waals surface area contributed by atoms with Crippen LogP contribution in [0.1, 0.15) is 10.4 Å². The molecule has 0 bridgehead atoms. The van der Waals surface area contributed by atoms with Gasteiger partial charge in [-0.15, -0.1) is 0 Å². The van der Waals surface area contributed by atoms with Crippen molar-refractivity contribution >= 4 is 16.7 Å². The van der Waals surface area contributed by atoms with Crippen LogP contribution in [0.4, 0.5) is 0 Å².